The second kappa shape index (κ2) is 5.26. The lowest BCUT2D eigenvalue weighted by Gasteiger charge is -2.14. The van der Waals surface area contributed by atoms with Crippen LogP contribution in [0.5, 0.6) is 0 Å². The van der Waals surface area contributed by atoms with Gasteiger partial charge in [0, 0.05) is 23.4 Å². The van der Waals surface area contributed by atoms with E-state index in [1.54, 1.807) is 0 Å². The molecule has 0 spiro atoms. The van der Waals surface area contributed by atoms with Crippen LogP contribution in [0.15, 0.2) is 10.1 Å². The predicted octanol–water partition coefficient (Wildman–Crippen LogP) is 0.561. The maximum Gasteiger partial charge on any atom is 0.177 e. The second-order valence-electron chi connectivity index (χ2n) is 1.64. The maximum atomic E-state index is 8.52. The van der Waals surface area contributed by atoms with Gasteiger partial charge >= 0.3 is 0 Å². The van der Waals surface area contributed by atoms with Gasteiger partial charge in [0.05, 0.1) is 0 Å². The Kier molecular flexibility index (Phi) is 2.93. The Balaban J connectivity index is 0.00000169. The van der Waals surface area contributed by atoms with Crippen molar-refractivity contribution in [2.24, 2.45) is 10.1 Å². The Labute approximate surface area is 79.8 Å². The molecule has 0 aliphatic carbocycles. The van der Waals surface area contributed by atoms with E-state index in [0.717, 1.165) is 5.75 Å². The highest BCUT2D eigenvalue weighted by molar-refractivity contribution is 8.15. The molecule has 2 N–H and O–H groups in total. The van der Waals surface area contributed by atoms with Crippen LogP contribution < -0.4 is 5.32 Å². The highest BCUT2D eigenvalue weighted by Crippen LogP contribution is 2.07. The van der Waals surface area contributed by atoms with Crippen molar-refractivity contribution >= 4 is 35.0 Å². The van der Waals surface area contributed by atoms with E-state index in [1.165, 1.54) is 11.8 Å². The van der Waals surface area contributed by atoms with Crippen LogP contribution in [0.25, 0.3) is 0 Å². The summed E-state index contributed by atoms with van der Waals surface area (Å²) in [7, 11) is 0. The number of nitrogens with one attached hydrogen (secondary N) is 1. The third-order valence-corrected chi connectivity index (χ3v) is 2.00. The summed E-state index contributed by atoms with van der Waals surface area (Å²) in [5.74, 6) is 0.873. The molecule has 1 saturated heterocycles. The van der Waals surface area contributed by atoms with Crippen LogP contribution in [0.3, 0.4) is 0 Å². The fourth-order valence-corrected chi connectivity index (χ4v) is 1.33. The molecular weight excluding hydrogens is 186 g/mol. The smallest absolute Gasteiger partial charge is 0.177 e. The van der Waals surface area contributed by atoms with E-state index >= 15 is 0 Å². The molecule has 1 aliphatic heterocycles. The van der Waals surface area contributed by atoms with Crippen molar-refractivity contribution in [3.05, 3.63) is 0 Å². The quantitative estimate of drug-likeness (QED) is 0.442. The van der Waals surface area contributed by atoms with Gasteiger partial charge in [0.1, 0.15) is 0 Å². The lowest BCUT2D eigenvalue weighted by atomic mass is 10.5. The average Bonchev–Trinajstić information content (AvgIpc) is 2.02. The summed E-state index contributed by atoms with van der Waals surface area (Å²) >= 11 is 1.27. The number of hydrogen-bond donors (Lipinski definition) is 2. The van der Waals surface area contributed by atoms with E-state index < -0.39 is 6.98 Å². The standard InChI is InChI=1S/C5H9N3OS.ClH/c1-6-4-5(8-9)10-3-2-7-4;/h9H,2-3H2,1H3,(H,6,7);1H/b8-5-;/i1D3;. The van der Waals surface area contributed by atoms with Crippen molar-refractivity contribution < 1.29 is 9.32 Å². The summed E-state index contributed by atoms with van der Waals surface area (Å²) < 4.78 is 20.7. The summed E-state index contributed by atoms with van der Waals surface area (Å²) in [4.78, 5) is 3.41. The number of halogens is 1. The summed E-state index contributed by atoms with van der Waals surface area (Å²) in [6, 6.07) is 0. The molecule has 0 aromatic rings. The van der Waals surface area contributed by atoms with Gasteiger partial charge in [0.15, 0.2) is 10.9 Å². The molecule has 0 unspecified atom stereocenters. The zero-order valence-electron chi connectivity index (χ0n) is 8.57. The highest BCUT2D eigenvalue weighted by atomic mass is 35.5. The third-order valence-electron chi connectivity index (χ3n) is 1.04. The number of rotatable bonds is 0. The number of nitrogens with zero attached hydrogens (tertiary/aromatic N) is 2. The zero-order valence-corrected chi connectivity index (χ0v) is 7.21. The van der Waals surface area contributed by atoms with Crippen molar-refractivity contribution in [3.8, 4) is 0 Å². The number of hydrogen-bond acceptors (Lipinski definition) is 4. The van der Waals surface area contributed by atoms with Crippen LogP contribution in [-0.4, -0.2) is 35.4 Å². The monoisotopic (exact) mass is 198 g/mol. The van der Waals surface area contributed by atoms with Crippen molar-refractivity contribution in [3.63, 3.8) is 0 Å². The Morgan fingerprint density at radius 2 is 2.64 bits per heavy atom. The first kappa shape index (κ1) is 6.14. The predicted molar refractivity (Wildman–Crippen MR) is 50.3 cm³/mol. The Bertz CT molecular complexity index is 255. The number of oxime groups is 1. The van der Waals surface area contributed by atoms with Gasteiger partial charge in [0.2, 0.25) is 0 Å². The van der Waals surface area contributed by atoms with Gasteiger partial charge in [-0.05, 0) is 0 Å². The van der Waals surface area contributed by atoms with Crippen LogP contribution in [0.1, 0.15) is 4.11 Å². The van der Waals surface area contributed by atoms with Gasteiger partial charge in [-0.3, -0.25) is 4.99 Å². The van der Waals surface area contributed by atoms with Gasteiger partial charge in [-0.15, -0.1) is 12.4 Å². The van der Waals surface area contributed by atoms with Crippen molar-refractivity contribution in [1.29, 1.82) is 0 Å². The maximum absolute atomic E-state index is 8.52. The summed E-state index contributed by atoms with van der Waals surface area (Å²) in [5, 5.41) is 14.4. The van der Waals surface area contributed by atoms with E-state index in [-0.39, 0.29) is 23.3 Å². The fourth-order valence-electron chi connectivity index (χ4n) is 0.625. The van der Waals surface area contributed by atoms with Crippen molar-refractivity contribution in [1.82, 2.24) is 5.32 Å². The normalized spacial score (nSPS) is 29.6. The molecule has 1 heterocycles. The van der Waals surface area contributed by atoms with Crippen molar-refractivity contribution in [2.75, 3.05) is 19.3 Å². The summed E-state index contributed by atoms with van der Waals surface area (Å²) in [6.07, 6.45) is 0. The topological polar surface area (TPSA) is 57.0 Å². The van der Waals surface area contributed by atoms with E-state index in [2.05, 4.69) is 15.5 Å². The van der Waals surface area contributed by atoms with Gasteiger partial charge < -0.3 is 10.5 Å². The molecule has 6 heteroatoms. The summed E-state index contributed by atoms with van der Waals surface area (Å²) in [5.41, 5.74) is 0. The molecule has 0 atom stereocenters. The molecule has 4 nitrogen and oxygen atoms in total. The minimum atomic E-state index is -2.39. The molecule has 0 radical (unpaired) electrons. The lowest BCUT2D eigenvalue weighted by molar-refractivity contribution is 0.321. The number of amidine groups is 1. The zero-order chi connectivity index (χ0) is 9.90. The van der Waals surface area contributed by atoms with Crippen LogP contribution >= 0.6 is 24.2 Å². The molecular formula is C5H10ClN3OS. The fraction of sp³-hybridized carbons (Fsp3) is 0.600. The molecule has 0 aromatic carbocycles. The Hall–Kier alpha value is -0.420. The minimum Gasteiger partial charge on any atom is -0.410 e. The Morgan fingerprint density at radius 1 is 1.82 bits per heavy atom. The van der Waals surface area contributed by atoms with Crippen LogP contribution in [0.4, 0.5) is 0 Å². The van der Waals surface area contributed by atoms with E-state index in [0.29, 0.717) is 6.54 Å². The highest BCUT2D eigenvalue weighted by Gasteiger charge is 2.13. The summed E-state index contributed by atoms with van der Waals surface area (Å²) in [6.45, 7) is -1.77. The van der Waals surface area contributed by atoms with E-state index in [1.807, 2.05) is 0 Å². The molecule has 0 saturated carbocycles. The molecule has 0 bridgehead atoms. The SMILES string of the molecule is Cl.[2H]C([2H])([2H])N=C1NCCS/C1=N\O. The first-order valence-corrected chi connectivity index (χ1v) is 3.70. The van der Waals surface area contributed by atoms with Gasteiger partial charge in [0.25, 0.3) is 0 Å². The number of thioether (sulfide) groups is 1. The van der Waals surface area contributed by atoms with Gasteiger partial charge in [-0.25, -0.2) is 0 Å². The molecule has 1 aliphatic rings. The first-order chi connectivity index (χ1) is 6.03. The second-order valence-corrected chi connectivity index (χ2v) is 2.72. The number of aliphatic imine (C=N–C) groups is 1. The molecule has 1 rings (SSSR count). The van der Waals surface area contributed by atoms with Crippen LogP contribution in [0, 0.1) is 0 Å². The molecule has 0 amide bonds. The largest absolute Gasteiger partial charge is 0.410 e. The third kappa shape index (κ3) is 2.59. The molecule has 0 aromatic heterocycles. The van der Waals surface area contributed by atoms with Crippen LogP contribution in [-0.2, 0) is 0 Å². The van der Waals surface area contributed by atoms with Gasteiger partial charge in [-0.2, -0.15) is 0 Å². The van der Waals surface area contributed by atoms with Crippen LogP contribution in [0.2, 0.25) is 0 Å². The molecule has 1 fully saturated rings. The van der Waals surface area contributed by atoms with Crippen molar-refractivity contribution in [2.45, 2.75) is 0 Å². The average molecular weight is 199 g/mol. The van der Waals surface area contributed by atoms with Gasteiger partial charge in [-0.1, -0.05) is 16.9 Å². The first-order valence-electron chi connectivity index (χ1n) is 4.22. The van der Waals surface area contributed by atoms with E-state index in [9.17, 15) is 0 Å². The molecule has 11 heavy (non-hydrogen) atoms. The van der Waals surface area contributed by atoms with E-state index in [4.69, 9.17) is 9.32 Å². The Morgan fingerprint density at radius 3 is 3.27 bits per heavy atom. The lowest BCUT2D eigenvalue weighted by Crippen LogP contribution is -2.36. The molecule has 64 valence electrons. The minimum absolute atomic E-state index is 0.